The molecule has 0 aliphatic rings. The SMILES string of the molecule is c1ccc2c(c1)sc1c3ccc(N(c4ccc(-c5ccc(-c6cc7ccccn7c6)cc5)cc4)c4ccc5c(ccc6c7ccccc7sc56)c4)cc3ccc21. The van der Waals surface area contributed by atoms with E-state index in [0.717, 1.165) is 17.1 Å². The standard InChI is InChI=1S/C52H32N2S2/c1-3-10-49-45(8-1)47-24-18-36-29-41(22-26-43(36)51(47)55-49)54(42-23-27-44-37(30-42)19-25-48-46-9-2-4-11-50(46)56-52(44)48)39-20-16-34(17-21-39)33-12-14-35(15-13-33)38-31-40-7-5-6-28-53(40)32-38/h1-32H. The Morgan fingerprint density at radius 1 is 0.357 bits per heavy atom. The predicted molar refractivity (Wildman–Crippen MR) is 244 cm³/mol. The van der Waals surface area contributed by atoms with Gasteiger partial charge >= 0.3 is 0 Å². The van der Waals surface area contributed by atoms with Gasteiger partial charge in [-0.05, 0) is 105 Å². The lowest BCUT2D eigenvalue weighted by Crippen LogP contribution is -2.09. The number of hydrogen-bond donors (Lipinski definition) is 0. The highest BCUT2D eigenvalue weighted by molar-refractivity contribution is 7.27. The Morgan fingerprint density at radius 2 is 0.839 bits per heavy atom. The maximum atomic E-state index is 2.41. The van der Waals surface area contributed by atoms with Gasteiger partial charge in [-0.2, -0.15) is 0 Å². The summed E-state index contributed by atoms with van der Waals surface area (Å²) in [5.41, 5.74) is 9.43. The first-order valence-corrected chi connectivity index (χ1v) is 20.6. The fraction of sp³-hybridized carbons (Fsp3) is 0. The molecule has 0 radical (unpaired) electrons. The molecule has 0 saturated heterocycles. The zero-order valence-corrected chi connectivity index (χ0v) is 31.8. The van der Waals surface area contributed by atoms with Gasteiger partial charge in [-0.15, -0.1) is 22.7 Å². The molecule has 0 N–H and O–H groups in total. The van der Waals surface area contributed by atoms with Gasteiger partial charge in [-0.25, -0.2) is 0 Å². The second kappa shape index (κ2) is 12.4. The molecule has 4 heterocycles. The molecule has 8 aromatic carbocycles. The first-order chi connectivity index (χ1) is 27.7. The summed E-state index contributed by atoms with van der Waals surface area (Å²) < 4.78 is 7.53. The molecule has 0 atom stereocenters. The van der Waals surface area contributed by atoms with Crippen LogP contribution < -0.4 is 4.90 Å². The quantitative estimate of drug-likeness (QED) is 0.170. The summed E-state index contributed by atoms with van der Waals surface area (Å²) in [7, 11) is 0. The fourth-order valence-electron chi connectivity index (χ4n) is 8.59. The van der Waals surface area contributed by atoms with Crippen molar-refractivity contribution >= 4 is 107 Å². The third-order valence-electron chi connectivity index (χ3n) is 11.4. The average molecular weight is 749 g/mol. The van der Waals surface area contributed by atoms with Crippen LogP contribution in [0.2, 0.25) is 0 Å². The van der Waals surface area contributed by atoms with Gasteiger partial charge in [-0.3, -0.25) is 0 Å². The molecule has 0 bridgehead atoms. The normalized spacial score (nSPS) is 11.9. The highest BCUT2D eigenvalue weighted by Gasteiger charge is 2.17. The van der Waals surface area contributed by atoms with Gasteiger partial charge in [0, 0.05) is 80.9 Å². The van der Waals surface area contributed by atoms with E-state index in [2.05, 4.69) is 204 Å². The Kier molecular flexibility index (Phi) is 7.00. The van der Waals surface area contributed by atoms with Crippen LogP contribution in [-0.4, -0.2) is 4.40 Å². The van der Waals surface area contributed by atoms with Gasteiger partial charge in [0.15, 0.2) is 0 Å². The average Bonchev–Trinajstić information content (AvgIpc) is 3.98. The van der Waals surface area contributed by atoms with Crippen LogP contribution >= 0.6 is 22.7 Å². The zero-order valence-electron chi connectivity index (χ0n) is 30.2. The number of hydrogen-bond acceptors (Lipinski definition) is 3. The fourth-order valence-corrected chi connectivity index (χ4v) is 11.1. The zero-order chi connectivity index (χ0) is 36.7. The van der Waals surface area contributed by atoms with Crippen LogP contribution in [0.3, 0.4) is 0 Å². The summed E-state index contributed by atoms with van der Waals surface area (Å²) in [6.07, 6.45) is 4.30. The van der Waals surface area contributed by atoms with Crippen LogP contribution in [0.1, 0.15) is 0 Å². The molecule has 12 aromatic rings. The second-order valence-electron chi connectivity index (χ2n) is 14.6. The number of rotatable bonds is 5. The van der Waals surface area contributed by atoms with Crippen molar-refractivity contribution in [3.05, 3.63) is 194 Å². The van der Waals surface area contributed by atoms with Gasteiger partial charge in [0.2, 0.25) is 0 Å². The maximum Gasteiger partial charge on any atom is 0.0468 e. The number of aromatic nitrogens is 1. The van der Waals surface area contributed by atoms with Crippen LogP contribution in [0.5, 0.6) is 0 Å². The Hall–Kier alpha value is -6.72. The van der Waals surface area contributed by atoms with E-state index in [-0.39, 0.29) is 0 Å². The summed E-state index contributed by atoms with van der Waals surface area (Å²) in [4.78, 5) is 2.41. The minimum Gasteiger partial charge on any atom is -0.323 e. The van der Waals surface area contributed by atoms with E-state index in [0.29, 0.717) is 0 Å². The van der Waals surface area contributed by atoms with Gasteiger partial charge in [0.25, 0.3) is 0 Å². The summed E-state index contributed by atoms with van der Waals surface area (Å²) in [6, 6.07) is 67.2. The minimum absolute atomic E-state index is 1.12. The van der Waals surface area contributed by atoms with Crippen molar-refractivity contribution in [1.29, 1.82) is 0 Å². The lowest BCUT2D eigenvalue weighted by atomic mass is 10.0. The number of nitrogens with zero attached hydrogens (tertiary/aromatic N) is 2. The Balaban J connectivity index is 0.964. The highest BCUT2D eigenvalue weighted by atomic mass is 32.1. The third-order valence-corrected chi connectivity index (χ3v) is 13.8. The minimum atomic E-state index is 1.12. The van der Waals surface area contributed by atoms with Gasteiger partial charge in [-0.1, -0.05) is 115 Å². The number of fused-ring (bicyclic) bond motifs is 11. The molecule has 262 valence electrons. The van der Waals surface area contributed by atoms with Crippen LogP contribution in [0, 0.1) is 0 Å². The van der Waals surface area contributed by atoms with Crippen molar-refractivity contribution in [2.45, 2.75) is 0 Å². The van der Waals surface area contributed by atoms with Crippen LogP contribution in [-0.2, 0) is 0 Å². The molecule has 0 aliphatic carbocycles. The molecule has 56 heavy (non-hydrogen) atoms. The van der Waals surface area contributed by atoms with Gasteiger partial charge < -0.3 is 9.30 Å². The van der Waals surface area contributed by atoms with Crippen molar-refractivity contribution in [3.63, 3.8) is 0 Å². The Labute approximate surface area is 331 Å². The van der Waals surface area contributed by atoms with Crippen molar-refractivity contribution in [3.8, 4) is 22.3 Å². The molecule has 0 amide bonds. The van der Waals surface area contributed by atoms with Crippen LogP contribution in [0.4, 0.5) is 17.1 Å². The molecule has 0 unspecified atom stereocenters. The predicted octanol–water partition coefficient (Wildman–Crippen LogP) is 15.8. The summed E-state index contributed by atoms with van der Waals surface area (Å²) in [6.45, 7) is 0. The molecule has 0 saturated carbocycles. The van der Waals surface area contributed by atoms with E-state index >= 15 is 0 Å². The number of pyridine rings is 1. The molecule has 0 fully saturated rings. The Bertz CT molecular complexity index is 3290. The molecule has 4 heteroatoms. The maximum absolute atomic E-state index is 2.41. The van der Waals surface area contributed by atoms with Crippen molar-refractivity contribution < 1.29 is 0 Å². The summed E-state index contributed by atoms with van der Waals surface area (Å²) >= 11 is 3.78. The molecular formula is C52H32N2S2. The molecule has 0 aliphatic heterocycles. The van der Waals surface area contributed by atoms with Gasteiger partial charge in [0.05, 0.1) is 0 Å². The van der Waals surface area contributed by atoms with E-state index in [4.69, 9.17) is 0 Å². The molecule has 0 spiro atoms. The lowest BCUT2D eigenvalue weighted by Gasteiger charge is -2.26. The van der Waals surface area contributed by atoms with E-state index in [1.165, 1.54) is 89.7 Å². The number of benzene rings is 8. The van der Waals surface area contributed by atoms with Crippen molar-refractivity contribution in [2.75, 3.05) is 4.90 Å². The van der Waals surface area contributed by atoms with Crippen molar-refractivity contribution in [2.24, 2.45) is 0 Å². The monoisotopic (exact) mass is 748 g/mol. The van der Waals surface area contributed by atoms with Crippen LogP contribution in [0.25, 0.3) is 89.7 Å². The summed E-state index contributed by atoms with van der Waals surface area (Å²) in [5.74, 6) is 0. The highest BCUT2D eigenvalue weighted by Crippen LogP contribution is 2.44. The first kappa shape index (κ1) is 31.6. The molecule has 12 rings (SSSR count). The number of thiophene rings is 2. The molecule has 4 aromatic heterocycles. The Morgan fingerprint density at radius 3 is 1.41 bits per heavy atom. The second-order valence-corrected chi connectivity index (χ2v) is 16.7. The van der Waals surface area contributed by atoms with Crippen LogP contribution in [0.15, 0.2) is 194 Å². The molecular weight excluding hydrogens is 717 g/mol. The van der Waals surface area contributed by atoms with Crippen molar-refractivity contribution in [1.82, 2.24) is 4.40 Å². The van der Waals surface area contributed by atoms with E-state index < -0.39 is 0 Å². The lowest BCUT2D eigenvalue weighted by molar-refractivity contribution is 1.20. The largest absolute Gasteiger partial charge is 0.323 e. The van der Waals surface area contributed by atoms with Gasteiger partial charge in [0.1, 0.15) is 0 Å². The third kappa shape index (κ3) is 5.00. The first-order valence-electron chi connectivity index (χ1n) is 19.0. The van der Waals surface area contributed by atoms with E-state index in [1.807, 2.05) is 22.7 Å². The topological polar surface area (TPSA) is 7.65 Å². The molecule has 2 nitrogen and oxygen atoms in total. The smallest absolute Gasteiger partial charge is 0.0468 e. The van der Waals surface area contributed by atoms with E-state index in [1.54, 1.807) is 0 Å². The van der Waals surface area contributed by atoms with E-state index in [9.17, 15) is 0 Å². The summed E-state index contributed by atoms with van der Waals surface area (Å²) in [5, 5.41) is 10.4. The number of anilines is 3.